The van der Waals surface area contributed by atoms with Crippen LogP contribution in [-0.4, -0.2) is 41.4 Å². The molecule has 8 nitrogen and oxygen atoms in total. The second-order valence-electron chi connectivity index (χ2n) is 6.40. The number of nitrogens with one attached hydrogen (secondary N) is 1. The third kappa shape index (κ3) is 2.95. The van der Waals surface area contributed by atoms with Crippen molar-refractivity contribution < 1.29 is 14.4 Å². The van der Waals surface area contributed by atoms with Crippen LogP contribution in [0.25, 0.3) is 0 Å². The van der Waals surface area contributed by atoms with Gasteiger partial charge in [0.1, 0.15) is 6.54 Å². The van der Waals surface area contributed by atoms with Crippen LogP contribution in [-0.2, 0) is 14.4 Å². The first-order valence-corrected chi connectivity index (χ1v) is 8.52. The van der Waals surface area contributed by atoms with Crippen LogP contribution in [0.2, 0.25) is 0 Å². The Morgan fingerprint density at radius 3 is 2.48 bits per heavy atom. The van der Waals surface area contributed by atoms with Crippen LogP contribution in [0, 0.1) is 6.92 Å². The molecule has 2 aliphatic heterocycles. The molecule has 0 aromatic heterocycles. The van der Waals surface area contributed by atoms with E-state index in [1.54, 1.807) is 36.4 Å². The molecule has 136 valence electrons. The van der Waals surface area contributed by atoms with Crippen molar-refractivity contribution in [1.82, 2.24) is 5.01 Å². The van der Waals surface area contributed by atoms with Gasteiger partial charge < -0.3 is 5.32 Å². The maximum atomic E-state index is 12.9. The van der Waals surface area contributed by atoms with Crippen LogP contribution in [0.15, 0.2) is 64.9 Å². The first-order valence-electron chi connectivity index (χ1n) is 8.52. The summed E-state index contributed by atoms with van der Waals surface area (Å²) in [5.41, 5.74) is 1.99. The summed E-state index contributed by atoms with van der Waals surface area (Å²) in [5.74, 6) is -1.18. The van der Waals surface area contributed by atoms with Crippen LogP contribution in [0.5, 0.6) is 0 Å². The van der Waals surface area contributed by atoms with E-state index in [1.165, 1.54) is 5.01 Å². The Morgan fingerprint density at radius 1 is 1.04 bits per heavy atom. The lowest BCUT2D eigenvalue weighted by Crippen LogP contribution is -2.43. The van der Waals surface area contributed by atoms with Gasteiger partial charge in [-0.3, -0.25) is 19.4 Å². The topological polar surface area (TPSA) is 94.4 Å². The fraction of sp³-hybridized carbons (Fsp3) is 0.211. The minimum absolute atomic E-state index is 0.166. The number of anilines is 2. The molecule has 1 fully saturated rings. The first-order chi connectivity index (χ1) is 13.1. The van der Waals surface area contributed by atoms with E-state index in [0.29, 0.717) is 11.4 Å². The van der Waals surface area contributed by atoms with E-state index in [2.05, 4.69) is 15.7 Å². The van der Waals surface area contributed by atoms with E-state index in [1.807, 2.05) is 25.1 Å². The molecule has 2 heterocycles. The molecular formula is C19H17N5O3. The third-order valence-electron chi connectivity index (χ3n) is 4.58. The van der Waals surface area contributed by atoms with E-state index in [-0.39, 0.29) is 12.5 Å². The van der Waals surface area contributed by atoms with Gasteiger partial charge in [0.15, 0.2) is 12.1 Å². The molecule has 1 N–H and O–H groups in total. The molecule has 1 saturated heterocycles. The largest absolute Gasteiger partial charge is 0.324 e. The molecule has 8 heteroatoms. The minimum Gasteiger partial charge on any atom is -0.324 e. The maximum absolute atomic E-state index is 12.9. The average molecular weight is 363 g/mol. The number of aryl methyl sites for hydroxylation is 1. The summed E-state index contributed by atoms with van der Waals surface area (Å²) in [7, 11) is 0. The molecule has 3 amide bonds. The summed E-state index contributed by atoms with van der Waals surface area (Å²) < 4.78 is 0. The molecule has 27 heavy (non-hydrogen) atoms. The summed E-state index contributed by atoms with van der Waals surface area (Å²) in [6, 6.07) is 14.3. The zero-order valence-electron chi connectivity index (χ0n) is 14.6. The number of amides is 3. The van der Waals surface area contributed by atoms with Gasteiger partial charge in [-0.1, -0.05) is 41.6 Å². The van der Waals surface area contributed by atoms with Crippen LogP contribution < -0.4 is 10.2 Å². The molecule has 2 aromatic rings. The van der Waals surface area contributed by atoms with E-state index in [9.17, 15) is 14.4 Å². The molecule has 0 aliphatic carbocycles. The smallest absolute Gasteiger partial charge is 0.263 e. The standard InChI is InChI=1S/C19H17N5O3/c1-12-7-5-6-10-14(12)24-18(26)16-17(19(24)27)23(22-21-16)11-15(25)20-13-8-3-2-4-9-13/h2-10,16-17H,11H2,1H3,(H,20,25)/t16-,17+/m1/s1. The minimum atomic E-state index is -0.915. The Bertz CT molecular complexity index is 943. The van der Waals surface area contributed by atoms with Gasteiger partial charge >= 0.3 is 0 Å². The molecule has 4 rings (SSSR count). The normalized spacial score (nSPS) is 20.9. The number of imide groups is 1. The SMILES string of the molecule is Cc1ccccc1N1C(=O)[C@@H]2[C@@H](N=NN2CC(=O)Nc2ccccc2)C1=O. The van der Waals surface area contributed by atoms with Gasteiger partial charge in [-0.2, -0.15) is 5.11 Å². The van der Waals surface area contributed by atoms with Crippen molar-refractivity contribution in [3.63, 3.8) is 0 Å². The van der Waals surface area contributed by atoms with Crippen LogP contribution in [0.4, 0.5) is 11.4 Å². The number of benzene rings is 2. The second kappa shape index (κ2) is 6.64. The molecule has 0 saturated carbocycles. The van der Waals surface area contributed by atoms with Crippen molar-refractivity contribution in [2.24, 2.45) is 10.3 Å². The summed E-state index contributed by atoms with van der Waals surface area (Å²) in [4.78, 5) is 39.0. The van der Waals surface area contributed by atoms with Crippen LogP contribution in [0.1, 0.15) is 5.56 Å². The summed E-state index contributed by atoms with van der Waals surface area (Å²) in [6.07, 6.45) is 0. The highest BCUT2D eigenvalue weighted by Gasteiger charge is 2.55. The molecule has 0 unspecified atom stereocenters. The van der Waals surface area contributed by atoms with E-state index in [4.69, 9.17) is 0 Å². The fourth-order valence-electron chi connectivity index (χ4n) is 3.27. The van der Waals surface area contributed by atoms with Crippen LogP contribution in [0.3, 0.4) is 0 Å². The fourth-order valence-corrected chi connectivity index (χ4v) is 3.27. The van der Waals surface area contributed by atoms with Gasteiger partial charge in [-0.05, 0) is 30.7 Å². The number of carbonyl (C=O) groups excluding carboxylic acids is 3. The van der Waals surface area contributed by atoms with Crippen molar-refractivity contribution >= 4 is 29.1 Å². The number of nitrogens with zero attached hydrogens (tertiary/aromatic N) is 4. The average Bonchev–Trinajstić information content (AvgIpc) is 3.17. The summed E-state index contributed by atoms with van der Waals surface area (Å²) >= 11 is 0. The lowest BCUT2D eigenvalue weighted by Gasteiger charge is -2.21. The lowest BCUT2D eigenvalue weighted by atomic mass is 10.1. The number of fused-ring (bicyclic) bond motifs is 1. The first kappa shape index (κ1) is 16.9. The molecule has 0 radical (unpaired) electrons. The van der Waals surface area contributed by atoms with Crippen LogP contribution >= 0.6 is 0 Å². The van der Waals surface area contributed by atoms with Gasteiger partial charge in [0.25, 0.3) is 11.8 Å². The number of carbonyl (C=O) groups is 3. The van der Waals surface area contributed by atoms with Gasteiger partial charge in [-0.25, -0.2) is 4.90 Å². The quantitative estimate of drug-likeness (QED) is 0.840. The molecular weight excluding hydrogens is 346 g/mol. The Balaban J connectivity index is 1.51. The molecule has 2 atom stereocenters. The van der Waals surface area contributed by atoms with Gasteiger partial charge in [0, 0.05) is 5.69 Å². The second-order valence-corrected chi connectivity index (χ2v) is 6.40. The van der Waals surface area contributed by atoms with E-state index >= 15 is 0 Å². The lowest BCUT2D eigenvalue weighted by molar-refractivity contribution is -0.123. The third-order valence-corrected chi connectivity index (χ3v) is 4.58. The van der Waals surface area contributed by atoms with Crippen molar-refractivity contribution in [2.45, 2.75) is 19.0 Å². The number of para-hydroxylation sites is 2. The van der Waals surface area contributed by atoms with Crippen molar-refractivity contribution in [3.05, 3.63) is 60.2 Å². The molecule has 0 bridgehead atoms. The zero-order chi connectivity index (χ0) is 19.0. The number of hydrogen-bond acceptors (Lipinski definition) is 6. The predicted molar refractivity (Wildman–Crippen MR) is 97.9 cm³/mol. The van der Waals surface area contributed by atoms with Crippen molar-refractivity contribution in [2.75, 3.05) is 16.8 Å². The van der Waals surface area contributed by atoms with Gasteiger partial charge in [0.2, 0.25) is 5.91 Å². The summed E-state index contributed by atoms with van der Waals surface area (Å²) in [5, 5.41) is 11.8. The van der Waals surface area contributed by atoms with Crippen molar-refractivity contribution in [1.29, 1.82) is 0 Å². The highest BCUT2D eigenvalue weighted by Crippen LogP contribution is 2.33. The van der Waals surface area contributed by atoms with Gasteiger partial charge in [0.05, 0.1) is 5.69 Å². The molecule has 2 aromatic carbocycles. The maximum Gasteiger partial charge on any atom is 0.263 e. The van der Waals surface area contributed by atoms with Crippen molar-refractivity contribution in [3.8, 4) is 0 Å². The highest BCUT2D eigenvalue weighted by molar-refractivity contribution is 6.25. The molecule has 0 spiro atoms. The highest BCUT2D eigenvalue weighted by atomic mass is 16.2. The zero-order valence-corrected chi connectivity index (χ0v) is 14.6. The molecule has 2 aliphatic rings. The Hall–Kier alpha value is -3.55. The number of rotatable bonds is 4. The summed E-state index contributed by atoms with van der Waals surface area (Å²) in [6.45, 7) is 1.66. The predicted octanol–water partition coefficient (Wildman–Crippen LogP) is 1.93. The van der Waals surface area contributed by atoms with E-state index in [0.717, 1.165) is 10.5 Å². The van der Waals surface area contributed by atoms with Gasteiger partial charge in [-0.15, -0.1) is 0 Å². The monoisotopic (exact) mass is 363 g/mol. The van der Waals surface area contributed by atoms with E-state index < -0.39 is 23.9 Å². The Morgan fingerprint density at radius 2 is 1.74 bits per heavy atom. The number of hydrogen-bond donors (Lipinski definition) is 1. The Kier molecular flexibility index (Phi) is 4.15. The Labute approximate surface area is 155 Å².